The molecule has 0 saturated carbocycles. The first-order valence-electron chi connectivity index (χ1n) is 23.0. The number of aromatic nitrogens is 6. The van der Waals surface area contributed by atoms with E-state index in [9.17, 15) is 4.79 Å². The van der Waals surface area contributed by atoms with Crippen molar-refractivity contribution in [1.29, 1.82) is 0 Å². The lowest BCUT2D eigenvalue weighted by atomic mass is 10.2. The fraction of sp³-hybridized carbons (Fsp3) is 0.231. The molecule has 0 spiro atoms. The normalized spacial score (nSPS) is 11.7. The fourth-order valence-electron chi connectivity index (χ4n) is 6.99. The van der Waals surface area contributed by atoms with E-state index in [1.807, 2.05) is 93.6 Å². The molecular weight excluding hydrogens is 1010 g/mol. The van der Waals surface area contributed by atoms with Gasteiger partial charge in [-0.25, -0.2) is 39.9 Å². The van der Waals surface area contributed by atoms with Crippen molar-refractivity contribution in [1.82, 2.24) is 40.1 Å². The van der Waals surface area contributed by atoms with Gasteiger partial charge in [0.1, 0.15) is 0 Å². The van der Waals surface area contributed by atoms with Crippen LogP contribution in [0.5, 0.6) is 0 Å². The lowest BCUT2D eigenvalue weighted by Gasteiger charge is -2.11. The summed E-state index contributed by atoms with van der Waals surface area (Å²) in [7, 11) is 4.14. The maximum Gasteiger partial charge on any atom is 0.230 e. The van der Waals surface area contributed by atoms with Crippen LogP contribution in [-0.2, 0) is 17.9 Å². The topological polar surface area (TPSA) is 235 Å². The fourth-order valence-corrected chi connectivity index (χ4v) is 8.03. The van der Waals surface area contributed by atoms with E-state index in [1.54, 1.807) is 36.4 Å². The molecule has 1 amide bonds. The van der Waals surface area contributed by atoms with E-state index in [0.717, 1.165) is 74.7 Å². The number of aliphatic imine (C=N–C) groups is 3. The van der Waals surface area contributed by atoms with Gasteiger partial charge in [0.05, 0.1) is 46.7 Å². The van der Waals surface area contributed by atoms with Crippen molar-refractivity contribution in [3.63, 3.8) is 0 Å². The second-order valence-corrected chi connectivity index (χ2v) is 18.2. The van der Waals surface area contributed by atoms with Crippen molar-refractivity contribution in [2.24, 2.45) is 26.4 Å². The molecule has 0 bridgehead atoms. The number of amides is 1. The Balaban J connectivity index is 0.000000180. The van der Waals surface area contributed by atoms with E-state index >= 15 is 0 Å². The smallest absolute Gasteiger partial charge is 0.230 e. The number of halogens is 4. The molecule has 378 valence electrons. The van der Waals surface area contributed by atoms with Crippen LogP contribution in [-0.4, -0.2) is 85.8 Å². The van der Waals surface area contributed by atoms with Crippen molar-refractivity contribution >= 4 is 121 Å². The van der Waals surface area contributed by atoms with E-state index in [0.29, 0.717) is 56.0 Å². The molecule has 0 atom stereocenters. The quantitative estimate of drug-likeness (QED) is 0.0380. The Labute approximate surface area is 444 Å². The number of benzene rings is 5. The molecule has 0 aliphatic heterocycles. The zero-order valence-electron chi connectivity index (χ0n) is 41.2. The molecule has 17 nitrogen and oxygen atoms in total. The second kappa shape index (κ2) is 27.0. The van der Waals surface area contributed by atoms with Crippen LogP contribution in [0.3, 0.4) is 0 Å². The molecule has 0 aliphatic rings. The number of hydrogen-bond acceptors (Lipinski definition) is 11. The number of unbranched alkanes of at least 4 members (excludes halogenated alkanes) is 1. The average molecular weight is 1060 g/mol. The number of rotatable bonds is 12. The monoisotopic (exact) mass is 1060 g/mol. The molecule has 21 heteroatoms. The highest BCUT2D eigenvalue weighted by Gasteiger charge is 2.12. The summed E-state index contributed by atoms with van der Waals surface area (Å²) < 4.78 is 0. The Kier molecular flexibility index (Phi) is 20.3. The maximum atomic E-state index is 11.5. The number of hydrogen-bond donors (Lipinski definition) is 6. The minimum atomic E-state index is -0.274. The number of fused-ring (bicyclic) bond motifs is 3. The summed E-state index contributed by atoms with van der Waals surface area (Å²) in [5, 5.41) is 16.6. The summed E-state index contributed by atoms with van der Waals surface area (Å²) in [4.78, 5) is 53.3. The van der Waals surface area contributed by atoms with Crippen LogP contribution in [0, 0.1) is 20.8 Å². The summed E-state index contributed by atoms with van der Waals surface area (Å²) in [6.07, 6.45) is 2.12. The average Bonchev–Trinajstić information content (AvgIpc) is 3.34. The number of nitrogens with one attached hydrogen (secondary N) is 4. The molecule has 0 fully saturated rings. The lowest BCUT2D eigenvalue weighted by Crippen LogP contribution is -2.35. The van der Waals surface area contributed by atoms with Crippen LogP contribution in [0.2, 0.25) is 20.1 Å². The number of para-hydroxylation sites is 3. The Bertz CT molecular complexity index is 3260. The zero-order chi connectivity index (χ0) is 52.4. The van der Waals surface area contributed by atoms with E-state index in [2.05, 4.69) is 85.1 Å². The van der Waals surface area contributed by atoms with Gasteiger partial charge >= 0.3 is 0 Å². The third-order valence-electron chi connectivity index (χ3n) is 10.6. The van der Waals surface area contributed by atoms with Crippen LogP contribution in [0.4, 0.5) is 17.8 Å². The van der Waals surface area contributed by atoms with Crippen molar-refractivity contribution in [3.05, 3.63) is 157 Å². The van der Waals surface area contributed by atoms with Crippen LogP contribution in [0.15, 0.2) is 124 Å². The van der Waals surface area contributed by atoms with Gasteiger partial charge in [0, 0.05) is 60.8 Å². The van der Waals surface area contributed by atoms with Gasteiger partial charge in [0.25, 0.3) is 0 Å². The summed E-state index contributed by atoms with van der Waals surface area (Å²) in [5.41, 5.74) is 18.3. The number of aryl methyl sites for hydroxylation is 3. The number of anilines is 3. The Hall–Kier alpha value is -7.28. The molecule has 8 N–H and O–H groups in total. The second-order valence-electron chi connectivity index (χ2n) is 16.5. The highest BCUT2D eigenvalue weighted by atomic mass is 35.5. The number of nitrogens with two attached hydrogens (primary N) is 2. The highest BCUT2D eigenvalue weighted by molar-refractivity contribution is 6.36. The third kappa shape index (κ3) is 16.6. The molecule has 0 unspecified atom stereocenters. The molecule has 8 rings (SSSR count). The van der Waals surface area contributed by atoms with Gasteiger partial charge in [-0.3, -0.25) is 31.1 Å². The Morgan fingerprint density at radius 1 is 0.521 bits per heavy atom. The van der Waals surface area contributed by atoms with E-state index in [1.165, 1.54) is 6.92 Å². The zero-order valence-corrected chi connectivity index (χ0v) is 44.2. The van der Waals surface area contributed by atoms with Gasteiger partial charge in [-0.2, -0.15) is 0 Å². The number of guanidine groups is 3. The minimum Gasteiger partial charge on any atom is -0.370 e. The molecule has 3 aromatic heterocycles. The molecule has 3 heterocycles. The van der Waals surface area contributed by atoms with Gasteiger partial charge in [0.2, 0.25) is 29.7 Å². The highest BCUT2D eigenvalue weighted by Crippen LogP contribution is 2.26. The summed E-state index contributed by atoms with van der Waals surface area (Å²) in [6, 6.07) is 33.9. The molecule has 73 heavy (non-hydrogen) atoms. The first-order valence-corrected chi connectivity index (χ1v) is 24.5. The summed E-state index contributed by atoms with van der Waals surface area (Å²) >= 11 is 24.6. The predicted octanol–water partition coefficient (Wildman–Crippen LogP) is 10.5. The number of carbonyl (C=O) groups excluding carboxylic acids is 1. The van der Waals surface area contributed by atoms with Crippen molar-refractivity contribution in [2.75, 3.05) is 43.1 Å². The van der Waals surface area contributed by atoms with Gasteiger partial charge in [-0.15, -0.1) is 0 Å². The van der Waals surface area contributed by atoms with E-state index < -0.39 is 0 Å². The Morgan fingerprint density at radius 3 is 1.32 bits per heavy atom. The lowest BCUT2D eigenvalue weighted by molar-refractivity contribution is -0.117. The molecule has 8 aromatic rings. The van der Waals surface area contributed by atoms with Crippen LogP contribution in [0.25, 0.3) is 32.7 Å². The van der Waals surface area contributed by atoms with Crippen LogP contribution in [0.1, 0.15) is 48.0 Å². The Morgan fingerprint density at radius 2 is 0.904 bits per heavy atom. The predicted molar refractivity (Wildman–Crippen MR) is 301 cm³/mol. The third-order valence-corrected chi connectivity index (χ3v) is 12.0. The van der Waals surface area contributed by atoms with Gasteiger partial charge in [-0.1, -0.05) is 113 Å². The van der Waals surface area contributed by atoms with Gasteiger partial charge in [0.15, 0.2) is 11.9 Å². The standard InChI is InChI=1S/C19H17Cl2N5O.C17H15Cl2N5.C16H24N6/c1-11-13-6-3-4-9-17(13)25-19(23-11)26-18(24-12(2)27)22-10-14-15(20)7-5-8-16(14)21;1-10-11-5-2-3-8-15(11)23-17(22-10)24-16(20)21-9-12-13(18)6-4-7-14(12)19;1-12-13-8-4-5-9-14(13)20-16(19-12)21-15(17)18-10-6-7-11-22(2)3/h3-9H,10H2,1-2H3,(H2,22,23,24,25,26,27);2-8H,9H2,1H3,(H3,20,21,22,23,24);4-5,8-9H,6-7,10-11H2,1-3H3,(H3,17,18,19,20,21). The minimum absolute atomic E-state index is 0.188. The summed E-state index contributed by atoms with van der Waals surface area (Å²) in [5.74, 6) is 1.73. The van der Waals surface area contributed by atoms with E-state index in [4.69, 9.17) is 57.9 Å². The van der Waals surface area contributed by atoms with Crippen molar-refractivity contribution in [2.45, 2.75) is 53.6 Å². The SMILES string of the molecule is CC(=O)NC(=NCc1c(Cl)cccc1Cl)Nc1nc(C)c2ccccc2n1.Cc1nc(NC(N)=NCCCCN(C)C)nc2ccccc12.Cc1nc(NC(N)=NCc2c(Cl)cccc2Cl)nc2ccccc12. The molecule has 5 aromatic carbocycles. The molecule has 0 saturated heterocycles. The maximum absolute atomic E-state index is 11.5. The van der Waals surface area contributed by atoms with Crippen molar-refractivity contribution in [3.8, 4) is 0 Å². The van der Waals surface area contributed by atoms with Crippen LogP contribution < -0.4 is 32.7 Å². The largest absolute Gasteiger partial charge is 0.370 e. The first kappa shape index (κ1) is 55.0. The molecule has 0 aliphatic carbocycles. The number of nitrogens with zero attached hydrogens (tertiary/aromatic N) is 10. The molecular formula is C52H56Cl4N16O. The van der Waals surface area contributed by atoms with Crippen molar-refractivity contribution < 1.29 is 4.79 Å². The van der Waals surface area contributed by atoms with Gasteiger partial charge in [-0.05, 0) is 96.7 Å². The first-order chi connectivity index (χ1) is 35.0. The van der Waals surface area contributed by atoms with E-state index in [-0.39, 0.29) is 30.9 Å². The van der Waals surface area contributed by atoms with Crippen LogP contribution >= 0.6 is 46.4 Å². The summed E-state index contributed by atoms with van der Waals surface area (Å²) in [6.45, 7) is 9.41. The number of carbonyl (C=O) groups is 1. The van der Waals surface area contributed by atoms with Gasteiger partial charge < -0.3 is 16.4 Å². The molecule has 0 radical (unpaired) electrons.